The number of epoxide rings is 1. The summed E-state index contributed by atoms with van der Waals surface area (Å²) in [6.45, 7) is 7.28. The number of ether oxygens (including phenoxy) is 2. The zero-order chi connectivity index (χ0) is 9.52. The molecule has 2 nitrogen and oxygen atoms in total. The van der Waals surface area contributed by atoms with E-state index in [0.29, 0.717) is 18.8 Å². The van der Waals surface area contributed by atoms with E-state index >= 15 is 0 Å². The van der Waals surface area contributed by atoms with Crippen LogP contribution in [0, 0.1) is 0 Å². The molecule has 1 rings (SSSR count). The van der Waals surface area contributed by atoms with Crippen LogP contribution in [0.1, 0.15) is 32.6 Å². The standard InChI is InChI=1S/C11H20O2/c1-3-8-12-9-6-4-5-7-11-10(2)13-11/h3,10-11H,1,4-9H2,2H3. The summed E-state index contributed by atoms with van der Waals surface area (Å²) in [6, 6.07) is 0. The molecule has 0 aliphatic carbocycles. The topological polar surface area (TPSA) is 21.8 Å². The Morgan fingerprint density at radius 3 is 2.77 bits per heavy atom. The highest BCUT2D eigenvalue weighted by molar-refractivity contribution is 4.79. The number of hydrogen-bond donors (Lipinski definition) is 0. The Labute approximate surface area is 80.9 Å². The Morgan fingerprint density at radius 1 is 1.38 bits per heavy atom. The van der Waals surface area contributed by atoms with Gasteiger partial charge in [0.25, 0.3) is 0 Å². The first-order valence-electron chi connectivity index (χ1n) is 5.18. The minimum atomic E-state index is 0.525. The van der Waals surface area contributed by atoms with Crippen molar-refractivity contribution in [1.29, 1.82) is 0 Å². The van der Waals surface area contributed by atoms with Crippen molar-refractivity contribution in [3.8, 4) is 0 Å². The molecule has 0 aromatic heterocycles. The highest BCUT2D eigenvalue weighted by Gasteiger charge is 2.32. The molecule has 2 heteroatoms. The third-order valence-corrected chi connectivity index (χ3v) is 2.35. The summed E-state index contributed by atoms with van der Waals surface area (Å²) in [6.07, 6.45) is 7.79. The molecular formula is C11H20O2. The van der Waals surface area contributed by atoms with Gasteiger partial charge in [-0.1, -0.05) is 18.9 Å². The van der Waals surface area contributed by atoms with Gasteiger partial charge >= 0.3 is 0 Å². The molecule has 2 unspecified atom stereocenters. The predicted molar refractivity (Wildman–Crippen MR) is 53.8 cm³/mol. The van der Waals surface area contributed by atoms with Gasteiger partial charge in [0.15, 0.2) is 0 Å². The highest BCUT2D eigenvalue weighted by Crippen LogP contribution is 2.26. The molecule has 0 radical (unpaired) electrons. The number of hydrogen-bond acceptors (Lipinski definition) is 2. The Hall–Kier alpha value is -0.340. The van der Waals surface area contributed by atoms with Gasteiger partial charge in [0.2, 0.25) is 0 Å². The molecule has 0 N–H and O–H groups in total. The van der Waals surface area contributed by atoms with Gasteiger partial charge in [0.05, 0.1) is 18.8 Å². The second-order valence-electron chi connectivity index (χ2n) is 3.59. The van der Waals surface area contributed by atoms with Gasteiger partial charge in [0, 0.05) is 6.61 Å². The van der Waals surface area contributed by atoms with E-state index in [9.17, 15) is 0 Å². The molecule has 0 saturated carbocycles. The van der Waals surface area contributed by atoms with Crippen LogP contribution >= 0.6 is 0 Å². The lowest BCUT2D eigenvalue weighted by molar-refractivity contribution is 0.157. The number of rotatable bonds is 8. The van der Waals surface area contributed by atoms with Crippen molar-refractivity contribution in [2.45, 2.75) is 44.8 Å². The van der Waals surface area contributed by atoms with Gasteiger partial charge in [-0.3, -0.25) is 0 Å². The van der Waals surface area contributed by atoms with E-state index in [1.165, 1.54) is 19.3 Å². The Bertz CT molecular complexity index is 145. The van der Waals surface area contributed by atoms with Crippen molar-refractivity contribution < 1.29 is 9.47 Å². The number of unbranched alkanes of at least 4 members (excludes halogenated alkanes) is 2. The van der Waals surface area contributed by atoms with E-state index in [4.69, 9.17) is 9.47 Å². The van der Waals surface area contributed by atoms with Crippen LogP contribution in [0.15, 0.2) is 12.7 Å². The van der Waals surface area contributed by atoms with E-state index in [1.54, 1.807) is 6.08 Å². The normalized spacial score (nSPS) is 25.9. The summed E-state index contributed by atoms with van der Waals surface area (Å²) in [4.78, 5) is 0. The van der Waals surface area contributed by atoms with Crippen molar-refractivity contribution in [3.63, 3.8) is 0 Å². The maximum atomic E-state index is 5.32. The lowest BCUT2D eigenvalue weighted by Crippen LogP contribution is -1.95. The van der Waals surface area contributed by atoms with Crippen molar-refractivity contribution in [1.82, 2.24) is 0 Å². The quantitative estimate of drug-likeness (QED) is 0.328. The lowest BCUT2D eigenvalue weighted by atomic mass is 10.1. The maximum absolute atomic E-state index is 5.32. The smallest absolute Gasteiger partial charge is 0.0839 e. The maximum Gasteiger partial charge on any atom is 0.0839 e. The van der Waals surface area contributed by atoms with E-state index in [-0.39, 0.29) is 0 Å². The zero-order valence-corrected chi connectivity index (χ0v) is 8.50. The van der Waals surface area contributed by atoms with Gasteiger partial charge in [-0.05, 0) is 19.8 Å². The molecule has 0 amide bonds. The van der Waals surface area contributed by atoms with Crippen LogP contribution in [0.5, 0.6) is 0 Å². The molecule has 1 heterocycles. The van der Waals surface area contributed by atoms with Crippen LogP contribution in [0.2, 0.25) is 0 Å². The summed E-state index contributed by atoms with van der Waals surface area (Å²) in [5.41, 5.74) is 0. The fourth-order valence-corrected chi connectivity index (χ4v) is 1.43. The van der Waals surface area contributed by atoms with Crippen molar-refractivity contribution >= 4 is 0 Å². The molecule has 1 fully saturated rings. The molecule has 0 spiro atoms. The molecule has 2 atom stereocenters. The molecule has 0 aromatic rings. The van der Waals surface area contributed by atoms with Crippen molar-refractivity contribution in [3.05, 3.63) is 12.7 Å². The fraction of sp³-hybridized carbons (Fsp3) is 0.818. The summed E-state index contributed by atoms with van der Waals surface area (Å²) >= 11 is 0. The minimum Gasteiger partial charge on any atom is -0.377 e. The summed E-state index contributed by atoms with van der Waals surface area (Å²) < 4.78 is 10.6. The molecular weight excluding hydrogens is 164 g/mol. The van der Waals surface area contributed by atoms with E-state index in [1.807, 2.05) is 0 Å². The van der Waals surface area contributed by atoms with Crippen LogP contribution in [-0.4, -0.2) is 25.4 Å². The summed E-state index contributed by atoms with van der Waals surface area (Å²) in [7, 11) is 0. The Morgan fingerprint density at radius 2 is 2.15 bits per heavy atom. The summed E-state index contributed by atoms with van der Waals surface area (Å²) in [5, 5.41) is 0. The molecule has 1 saturated heterocycles. The van der Waals surface area contributed by atoms with Crippen LogP contribution in [0.25, 0.3) is 0 Å². The summed E-state index contributed by atoms with van der Waals surface area (Å²) in [5.74, 6) is 0. The molecule has 0 bridgehead atoms. The van der Waals surface area contributed by atoms with E-state index < -0.39 is 0 Å². The van der Waals surface area contributed by atoms with Crippen molar-refractivity contribution in [2.75, 3.05) is 13.2 Å². The lowest BCUT2D eigenvalue weighted by Gasteiger charge is -2.00. The average Bonchev–Trinajstić information content (AvgIpc) is 2.81. The second kappa shape index (κ2) is 6.17. The van der Waals surface area contributed by atoms with Gasteiger partial charge in [-0.25, -0.2) is 0 Å². The second-order valence-corrected chi connectivity index (χ2v) is 3.59. The average molecular weight is 184 g/mol. The Balaban J connectivity index is 1.71. The monoisotopic (exact) mass is 184 g/mol. The molecule has 76 valence electrons. The third kappa shape index (κ3) is 5.06. The van der Waals surface area contributed by atoms with Gasteiger partial charge < -0.3 is 9.47 Å². The first-order chi connectivity index (χ1) is 6.34. The molecule has 1 aliphatic heterocycles. The van der Waals surface area contributed by atoms with Gasteiger partial charge in [0.1, 0.15) is 0 Å². The highest BCUT2D eigenvalue weighted by atomic mass is 16.6. The minimum absolute atomic E-state index is 0.525. The molecule has 1 aliphatic rings. The van der Waals surface area contributed by atoms with Gasteiger partial charge in [-0.15, -0.1) is 6.58 Å². The Kier molecular flexibility index (Phi) is 5.09. The van der Waals surface area contributed by atoms with Crippen LogP contribution in [-0.2, 0) is 9.47 Å². The fourth-order valence-electron chi connectivity index (χ4n) is 1.43. The zero-order valence-electron chi connectivity index (χ0n) is 8.50. The third-order valence-electron chi connectivity index (χ3n) is 2.35. The van der Waals surface area contributed by atoms with Crippen LogP contribution in [0.4, 0.5) is 0 Å². The van der Waals surface area contributed by atoms with E-state index in [2.05, 4.69) is 13.5 Å². The van der Waals surface area contributed by atoms with E-state index in [0.717, 1.165) is 13.0 Å². The molecule has 0 aromatic carbocycles. The predicted octanol–water partition coefficient (Wildman–Crippen LogP) is 2.54. The first kappa shape index (κ1) is 10.7. The van der Waals surface area contributed by atoms with Crippen molar-refractivity contribution in [2.24, 2.45) is 0 Å². The largest absolute Gasteiger partial charge is 0.377 e. The van der Waals surface area contributed by atoms with Gasteiger partial charge in [-0.2, -0.15) is 0 Å². The van der Waals surface area contributed by atoms with Crippen LogP contribution < -0.4 is 0 Å². The molecule has 13 heavy (non-hydrogen) atoms. The van der Waals surface area contributed by atoms with Crippen LogP contribution in [0.3, 0.4) is 0 Å². The SMILES string of the molecule is C=CCOCCCCCC1OC1C. The first-order valence-corrected chi connectivity index (χ1v) is 5.18.